The molecule has 3 atom stereocenters. The highest BCUT2D eigenvalue weighted by atomic mass is 16.3. The number of aliphatic hydroxyl groups excluding tert-OH is 1. The average Bonchev–Trinajstić information content (AvgIpc) is 2.44. The Balaban J connectivity index is 3.01. The summed E-state index contributed by atoms with van der Waals surface area (Å²) >= 11 is 0. The minimum atomic E-state index is -0.946. The highest BCUT2D eigenvalue weighted by Crippen LogP contribution is 2.28. The quantitative estimate of drug-likeness (QED) is 0.684. The molecule has 0 saturated carbocycles. The van der Waals surface area contributed by atoms with Crippen molar-refractivity contribution in [2.75, 3.05) is 0 Å². The van der Waals surface area contributed by atoms with Crippen LogP contribution < -0.4 is 0 Å². The Bertz CT molecular complexity index is 431. The van der Waals surface area contributed by atoms with Crippen LogP contribution in [-0.4, -0.2) is 21.9 Å². The monoisotopic (exact) mass is 306 g/mol. The third kappa shape index (κ3) is 6.10. The predicted octanol–water partition coefficient (Wildman–Crippen LogP) is 4.78. The number of hydrogen-bond acceptors (Lipinski definition) is 2. The van der Waals surface area contributed by atoms with Crippen LogP contribution in [0.1, 0.15) is 66.7 Å². The number of aliphatic hydroxyl groups is 2. The van der Waals surface area contributed by atoms with Gasteiger partial charge in [-0.2, -0.15) is 0 Å². The first-order chi connectivity index (χ1) is 10.2. The normalized spacial score (nSPS) is 38.5. The van der Waals surface area contributed by atoms with Gasteiger partial charge in [-0.3, -0.25) is 0 Å². The van der Waals surface area contributed by atoms with Crippen LogP contribution in [0.3, 0.4) is 0 Å². The third-order valence-electron chi connectivity index (χ3n) is 4.88. The van der Waals surface area contributed by atoms with Gasteiger partial charge in [0.25, 0.3) is 0 Å². The second-order valence-electron chi connectivity index (χ2n) is 7.32. The summed E-state index contributed by atoms with van der Waals surface area (Å²) in [6, 6.07) is 0. The van der Waals surface area contributed by atoms with Gasteiger partial charge in [-0.1, -0.05) is 50.6 Å². The topological polar surface area (TPSA) is 40.5 Å². The Morgan fingerprint density at radius 2 is 1.86 bits per heavy atom. The zero-order valence-corrected chi connectivity index (χ0v) is 15.0. The van der Waals surface area contributed by atoms with Gasteiger partial charge in [0.1, 0.15) is 0 Å². The van der Waals surface area contributed by atoms with Gasteiger partial charge in [-0.05, 0) is 56.9 Å². The number of hydrogen-bond donors (Lipinski definition) is 2. The lowest BCUT2D eigenvalue weighted by Crippen LogP contribution is -2.37. The maximum atomic E-state index is 10.9. The van der Waals surface area contributed by atoms with Gasteiger partial charge in [0.15, 0.2) is 0 Å². The first-order valence-corrected chi connectivity index (χ1v) is 8.66. The van der Waals surface area contributed by atoms with Gasteiger partial charge in [0.05, 0.1) is 11.7 Å². The van der Waals surface area contributed by atoms with Crippen LogP contribution in [0.2, 0.25) is 0 Å². The molecular formula is C20H34O2. The zero-order valence-electron chi connectivity index (χ0n) is 15.0. The Morgan fingerprint density at radius 1 is 1.18 bits per heavy atom. The standard InChI is InChI=1S/C20H34O2/c1-15(2)20(22)13-12-17(4)9-6-8-16(3)10-7-11-18(5)19(21)14-20/h8,11-13,15,17,19,21-22H,6-7,9-10,14H2,1-5H3/b13-12+,16-8+,18-11+/t17-,19?,20+/m0/s1. The first kappa shape index (κ1) is 19.2. The Kier molecular flexibility index (Phi) is 7.58. The van der Waals surface area contributed by atoms with E-state index in [2.05, 4.69) is 32.1 Å². The van der Waals surface area contributed by atoms with E-state index in [0.29, 0.717) is 12.3 Å². The van der Waals surface area contributed by atoms with Gasteiger partial charge in [0, 0.05) is 6.42 Å². The molecule has 0 spiro atoms. The largest absolute Gasteiger partial charge is 0.389 e. The lowest BCUT2D eigenvalue weighted by Gasteiger charge is -2.32. The average molecular weight is 306 g/mol. The third-order valence-corrected chi connectivity index (χ3v) is 4.88. The molecule has 0 aromatic rings. The smallest absolute Gasteiger partial charge is 0.0878 e. The van der Waals surface area contributed by atoms with E-state index in [1.165, 1.54) is 5.57 Å². The summed E-state index contributed by atoms with van der Waals surface area (Å²) < 4.78 is 0. The summed E-state index contributed by atoms with van der Waals surface area (Å²) in [5.74, 6) is 0.513. The maximum absolute atomic E-state index is 10.9. The van der Waals surface area contributed by atoms with Crippen molar-refractivity contribution in [3.05, 3.63) is 35.5 Å². The molecule has 0 heterocycles. The molecular weight excluding hydrogens is 272 g/mol. The molecule has 1 aliphatic rings. The van der Waals surface area contributed by atoms with Crippen molar-refractivity contribution in [3.63, 3.8) is 0 Å². The van der Waals surface area contributed by atoms with Crippen molar-refractivity contribution in [1.82, 2.24) is 0 Å². The fourth-order valence-corrected chi connectivity index (χ4v) is 2.75. The van der Waals surface area contributed by atoms with Crippen LogP contribution in [0.25, 0.3) is 0 Å². The van der Waals surface area contributed by atoms with Crippen LogP contribution in [0.5, 0.6) is 0 Å². The summed E-state index contributed by atoms with van der Waals surface area (Å²) in [5, 5.41) is 21.3. The molecule has 0 saturated heterocycles. The summed E-state index contributed by atoms with van der Waals surface area (Å²) in [6.45, 7) is 10.4. The predicted molar refractivity (Wildman–Crippen MR) is 94.7 cm³/mol. The van der Waals surface area contributed by atoms with Crippen molar-refractivity contribution in [1.29, 1.82) is 0 Å². The summed E-state index contributed by atoms with van der Waals surface area (Å²) in [5.41, 5.74) is 1.44. The van der Waals surface area contributed by atoms with E-state index in [9.17, 15) is 10.2 Å². The molecule has 0 radical (unpaired) electrons. The zero-order chi connectivity index (χ0) is 16.8. The van der Waals surface area contributed by atoms with Crippen LogP contribution in [0, 0.1) is 11.8 Å². The molecule has 2 nitrogen and oxygen atoms in total. The molecule has 2 heteroatoms. The van der Waals surface area contributed by atoms with E-state index in [-0.39, 0.29) is 5.92 Å². The van der Waals surface area contributed by atoms with E-state index in [1.807, 2.05) is 26.8 Å². The van der Waals surface area contributed by atoms with Crippen LogP contribution in [-0.2, 0) is 0 Å². The molecule has 1 unspecified atom stereocenters. The van der Waals surface area contributed by atoms with E-state index < -0.39 is 11.7 Å². The Morgan fingerprint density at radius 3 is 2.50 bits per heavy atom. The summed E-state index contributed by atoms with van der Waals surface area (Å²) in [7, 11) is 0. The van der Waals surface area contributed by atoms with Crippen LogP contribution >= 0.6 is 0 Å². The van der Waals surface area contributed by atoms with Crippen LogP contribution in [0.15, 0.2) is 35.5 Å². The molecule has 1 rings (SSSR count). The Hall–Kier alpha value is -0.860. The Labute approximate surface area is 136 Å². The fourth-order valence-electron chi connectivity index (χ4n) is 2.75. The minimum absolute atomic E-state index is 0.0773. The minimum Gasteiger partial charge on any atom is -0.389 e. The SMILES string of the molecule is C/C1=C\CC[C@H](C)/C=C/[C@](O)(C(C)C)CC(O)/C(C)=C/CC1. The molecule has 1 aliphatic carbocycles. The summed E-state index contributed by atoms with van der Waals surface area (Å²) in [6.07, 6.45) is 12.4. The van der Waals surface area contributed by atoms with E-state index >= 15 is 0 Å². The van der Waals surface area contributed by atoms with Crippen molar-refractivity contribution < 1.29 is 10.2 Å². The molecule has 126 valence electrons. The van der Waals surface area contributed by atoms with Crippen molar-refractivity contribution in [2.24, 2.45) is 11.8 Å². The van der Waals surface area contributed by atoms with E-state index in [1.54, 1.807) is 0 Å². The molecule has 0 aromatic carbocycles. The molecule has 0 aliphatic heterocycles. The second-order valence-corrected chi connectivity index (χ2v) is 7.32. The highest BCUT2D eigenvalue weighted by Gasteiger charge is 2.31. The van der Waals surface area contributed by atoms with E-state index in [4.69, 9.17) is 0 Å². The van der Waals surface area contributed by atoms with Crippen LogP contribution in [0.4, 0.5) is 0 Å². The fraction of sp³-hybridized carbons (Fsp3) is 0.700. The summed E-state index contributed by atoms with van der Waals surface area (Å²) in [4.78, 5) is 0. The maximum Gasteiger partial charge on any atom is 0.0878 e. The molecule has 0 bridgehead atoms. The van der Waals surface area contributed by atoms with Gasteiger partial charge >= 0.3 is 0 Å². The molecule has 0 fully saturated rings. The van der Waals surface area contributed by atoms with Crippen molar-refractivity contribution in [2.45, 2.75) is 78.4 Å². The van der Waals surface area contributed by atoms with Crippen molar-refractivity contribution in [3.8, 4) is 0 Å². The van der Waals surface area contributed by atoms with Gasteiger partial charge < -0.3 is 10.2 Å². The number of allylic oxidation sites excluding steroid dienone is 4. The number of rotatable bonds is 1. The lowest BCUT2D eigenvalue weighted by atomic mass is 9.82. The molecule has 0 amide bonds. The molecule has 0 aromatic heterocycles. The van der Waals surface area contributed by atoms with E-state index in [0.717, 1.165) is 31.3 Å². The molecule has 22 heavy (non-hydrogen) atoms. The lowest BCUT2D eigenvalue weighted by molar-refractivity contribution is 0.00153. The second kappa shape index (κ2) is 8.69. The first-order valence-electron chi connectivity index (χ1n) is 8.66. The molecule has 2 N–H and O–H groups in total. The highest BCUT2D eigenvalue weighted by molar-refractivity contribution is 5.13. The van der Waals surface area contributed by atoms with Gasteiger partial charge in [-0.25, -0.2) is 0 Å². The van der Waals surface area contributed by atoms with Gasteiger partial charge in [0.2, 0.25) is 0 Å². The van der Waals surface area contributed by atoms with Crippen molar-refractivity contribution >= 4 is 0 Å². The van der Waals surface area contributed by atoms with Gasteiger partial charge in [-0.15, -0.1) is 0 Å².